The maximum Gasteiger partial charge on any atom is 0.0499 e. The van der Waals surface area contributed by atoms with Gasteiger partial charge in [-0.2, -0.15) is 0 Å². The molecule has 0 bridgehead atoms. The fraction of sp³-hybridized carbons (Fsp3) is 1.00. The van der Waals surface area contributed by atoms with Crippen molar-refractivity contribution in [3.8, 4) is 0 Å². The van der Waals surface area contributed by atoms with Crippen LogP contribution >= 0.6 is 0 Å². The lowest BCUT2D eigenvalue weighted by Crippen LogP contribution is -2.28. The Morgan fingerprint density at radius 1 is 1.43 bits per heavy atom. The number of ether oxygens (including phenoxy) is 1. The van der Waals surface area contributed by atoms with Crippen molar-refractivity contribution >= 4 is 0 Å². The Morgan fingerprint density at radius 2 is 2.21 bits per heavy atom. The third kappa shape index (κ3) is 4.43. The second kappa shape index (κ2) is 6.41. The van der Waals surface area contributed by atoms with Crippen molar-refractivity contribution < 1.29 is 4.74 Å². The Labute approximate surface area is 88.4 Å². The van der Waals surface area contributed by atoms with Crippen LogP contribution in [0.15, 0.2) is 0 Å². The molecule has 1 saturated carbocycles. The van der Waals surface area contributed by atoms with E-state index in [4.69, 9.17) is 4.74 Å². The molecule has 3 atom stereocenters. The molecule has 0 radical (unpaired) electrons. The standard InChI is InChI=1S/C12H25NO/c1-10-4-5-12(6-10)8-13-7-11(2)9-14-3/h10-13H,4-9H2,1-3H3. The number of hydrogen-bond acceptors (Lipinski definition) is 2. The van der Waals surface area contributed by atoms with Crippen molar-refractivity contribution in [3.63, 3.8) is 0 Å². The molecule has 1 rings (SSSR count). The second-order valence-corrected chi connectivity index (χ2v) is 5.00. The molecule has 84 valence electrons. The summed E-state index contributed by atoms with van der Waals surface area (Å²) in [5, 5.41) is 3.55. The highest BCUT2D eigenvalue weighted by Gasteiger charge is 2.20. The van der Waals surface area contributed by atoms with Gasteiger partial charge in [0.15, 0.2) is 0 Å². The first-order valence-electron chi connectivity index (χ1n) is 5.92. The van der Waals surface area contributed by atoms with Crippen LogP contribution < -0.4 is 5.32 Å². The molecule has 0 aromatic carbocycles. The molecular weight excluding hydrogens is 174 g/mol. The molecule has 0 aromatic rings. The Kier molecular flexibility index (Phi) is 5.49. The summed E-state index contributed by atoms with van der Waals surface area (Å²) in [5.74, 6) is 2.52. The highest BCUT2D eigenvalue weighted by Crippen LogP contribution is 2.29. The molecule has 0 aliphatic heterocycles. The minimum Gasteiger partial charge on any atom is -0.384 e. The monoisotopic (exact) mass is 199 g/mol. The van der Waals surface area contributed by atoms with E-state index < -0.39 is 0 Å². The molecular formula is C12H25NO. The Hall–Kier alpha value is -0.0800. The van der Waals surface area contributed by atoms with E-state index in [1.54, 1.807) is 7.11 Å². The lowest BCUT2D eigenvalue weighted by atomic mass is 10.1. The van der Waals surface area contributed by atoms with Gasteiger partial charge in [0.2, 0.25) is 0 Å². The third-order valence-corrected chi connectivity index (χ3v) is 3.18. The van der Waals surface area contributed by atoms with Gasteiger partial charge in [-0.05, 0) is 43.7 Å². The Balaban J connectivity index is 1.98. The molecule has 14 heavy (non-hydrogen) atoms. The normalized spacial score (nSPS) is 29.4. The zero-order valence-corrected chi connectivity index (χ0v) is 9.88. The first-order valence-corrected chi connectivity index (χ1v) is 5.92. The van der Waals surface area contributed by atoms with Crippen LogP contribution in [-0.2, 0) is 4.74 Å². The number of nitrogens with one attached hydrogen (secondary N) is 1. The van der Waals surface area contributed by atoms with Gasteiger partial charge in [0.05, 0.1) is 0 Å². The van der Waals surface area contributed by atoms with Crippen molar-refractivity contribution in [2.24, 2.45) is 17.8 Å². The van der Waals surface area contributed by atoms with E-state index >= 15 is 0 Å². The molecule has 0 saturated heterocycles. The summed E-state index contributed by atoms with van der Waals surface area (Å²) in [6.07, 6.45) is 4.28. The van der Waals surface area contributed by atoms with Gasteiger partial charge in [-0.1, -0.05) is 20.3 Å². The van der Waals surface area contributed by atoms with E-state index in [0.717, 1.165) is 25.0 Å². The molecule has 0 amide bonds. The van der Waals surface area contributed by atoms with Gasteiger partial charge in [-0.25, -0.2) is 0 Å². The van der Waals surface area contributed by atoms with Gasteiger partial charge >= 0.3 is 0 Å². The first-order chi connectivity index (χ1) is 6.72. The molecule has 0 heterocycles. The lowest BCUT2D eigenvalue weighted by Gasteiger charge is -2.14. The summed E-state index contributed by atoms with van der Waals surface area (Å²) in [4.78, 5) is 0. The number of rotatable bonds is 6. The topological polar surface area (TPSA) is 21.3 Å². The minimum absolute atomic E-state index is 0.638. The van der Waals surface area contributed by atoms with E-state index in [9.17, 15) is 0 Å². The maximum atomic E-state index is 5.10. The highest BCUT2D eigenvalue weighted by molar-refractivity contribution is 4.74. The van der Waals surface area contributed by atoms with E-state index in [1.807, 2.05) is 0 Å². The van der Waals surface area contributed by atoms with E-state index in [2.05, 4.69) is 19.2 Å². The number of hydrogen-bond donors (Lipinski definition) is 1. The van der Waals surface area contributed by atoms with Gasteiger partial charge in [0.1, 0.15) is 0 Å². The van der Waals surface area contributed by atoms with Gasteiger partial charge < -0.3 is 10.1 Å². The minimum atomic E-state index is 0.638. The first kappa shape index (κ1) is 12.0. The predicted octanol–water partition coefficient (Wildman–Crippen LogP) is 2.29. The van der Waals surface area contributed by atoms with Crippen LogP contribution in [0.1, 0.15) is 33.1 Å². The van der Waals surface area contributed by atoms with Gasteiger partial charge in [-0.15, -0.1) is 0 Å². The summed E-state index contributed by atoms with van der Waals surface area (Å²) in [5.41, 5.74) is 0. The van der Waals surface area contributed by atoms with E-state index in [1.165, 1.54) is 25.8 Å². The van der Waals surface area contributed by atoms with Crippen LogP contribution in [0.25, 0.3) is 0 Å². The molecule has 1 aliphatic carbocycles. The van der Waals surface area contributed by atoms with Crippen LogP contribution in [0, 0.1) is 17.8 Å². The molecule has 3 unspecified atom stereocenters. The van der Waals surface area contributed by atoms with Crippen LogP contribution in [0.4, 0.5) is 0 Å². The molecule has 2 heteroatoms. The quantitative estimate of drug-likeness (QED) is 0.708. The summed E-state index contributed by atoms with van der Waals surface area (Å²) in [7, 11) is 1.77. The highest BCUT2D eigenvalue weighted by atomic mass is 16.5. The average Bonchev–Trinajstić information content (AvgIpc) is 2.52. The number of methoxy groups -OCH3 is 1. The average molecular weight is 199 g/mol. The zero-order valence-electron chi connectivity index (χ0n) is 9.88. The molecule has 0 aromatic heterocycles. The largest absolute Gasteiger partial charge is 0.384 e. The fourth-order valence-corrected chi connectivity index (χ4v) is 2.39. The second-order valence-electron chi connectivity index (χ2n) is 5.00. The maximum absolute atomic E-state index is 5.10. The molecule has 1 aliphatic rings. The van der Waals surface area contributed by atoms with Crippen LogP contribution in [-0.4, -0.2) is 26.8 Å². The predicted molar refractivity (Wildman–Crippen MR) is 60.4 cm³/mol. The van der Waals surface area contributed by atoms with Gasteiger partial charge in [0.25, 0.3) is 0 Å². The van der Waals surface area contributed by atoms with Crippen LogP contribution in [0.5, 0.6) is 0 Å². The van der Waals surface area contributed by atoms with Crippen molar-refractivity contribution in [1.29, 1.82) is 0 Å². The Bertz CT molecular complexity index is 149. The third-order valence-electron chi connectivity index (χ3n) is 3.18. The van der Waals surface area contributed by atoms with Crippen molar-refractivity contribution in [2.75, 3.05) is 26.8 Å². The zero-order chi connectivity index (χ0) is 10.4. The van der Waals surface area contributed by atoms with Crippen LogP contribution in [0.3, 0.4) is 0 Å². The summed E-state index contributed by atoms with van der Waals surface area (Å²) >= 11 is 0. The van der Waals surface area contributed by atoms with Gasteiger partial charge in [-0.3, -0.25) is 0 Å². The Morgan fingerprint density at radius 3 is 2.79 bits per heavy atom. The lowest BCUT2D eigenvalue weighted by molar-refractivity contribution is 0.158. The summed E-state index contributed by atoms with van der Waals surface area (Å²) < 4.78 is 5.10. The summed E-state index contributed by atoms with van der Waals surface area (Å²) in [6, 6.07) is 0. The van der Waals surface area contributed by atoms with E-state index in [0.29, 0.717) is 5.92 Å². The van der Waals surface area contributed by atoms with Crippen molar-refractivity contribution in [2.45, 2.75) is 33.1 Å². The molecule has 1 fully saturated rings. The van der Waals surface area contributed by atoms with Gasteiger partial charge in [0, 0.05) is 13.7 Å². The fourth-order valence-electron chi connectivity index (χ4n) is 2.39. The van der Waals surface area contributed by atoms with Crippen molar-refractivity contribution in [3.05, 3.63) is 0 Å². The summed E-state index contributed by atoms with van der Waals surface area (Å²) in [6.45, 7) is 7.77. The van der Waals surface area contributed by atoms with Crippen molar-refractivity contribution in [1.82, 2.24) is 5.32 Å². The van der Waals surface area contributed by atoms with Crippen LogP contribution in [0.2, 0.25) is 0 Å². The molecule has 0 spiro atoms. The SMILES string of the molecule is COCC(C)CNCC1CCC(C)C1. The molecule has 2 nitrogen and oxygen atoms in total. The van der Waals surface area contributed by atoms with E-state index in [-0.39, 0.29) is 0 Å². The molecule has 1 N–H and O–H groups in total. The smallest absolute Gasteiger partial charge is 0.0499 e.